The number of amides is 1. The number of nitrogens with zero attached hydrogens (tertiary/aromatic N) is 2. The van der Waals surface area contributed by atoms with E-state index in [4.69, 9.17) is 4.74 Å². The molecule has 0 aromatic carbocycles. The summed E-state index contributed by atoms with van der Waals surface area (Å²) in [6.07, 6.45) is 4.57. The van der Waals surface area contributed by atoms with Crippen LogP contribution in [0.4, 0.5) is 0 Å². The summed E-state index contributed by atoms with van der Waals surface area (Å²) in [5, 5.41) is 1.90. The molecule has 5 nitrogen and oxygen atoms in total. The summed E-state index contributed by atoms with van der Waals surface area (Å²) in [6.45, 7) is 5.83. The van der Waals surface area contributed by atoms with Crippen LogP contribution in [0.2, 0.25) is 0 Å². The molecule has 0 spiro atoms. The van der Waals surface area contributed by atoms with Crippen molar-refractivity contribution in [3.63, 3.8) is 0 Å². The SMILES string of the molecule is CCCC1CCN(C(=O)c2csc(C(=O)OCC)n2)CC1. The van der Waals surface area contributed by atoms with E-state index in [1.807, 2.05) is 4.90 Å². The quantitative estimate of drug-likeness (QED) is 0.785. The maximum Gasteiger partial charge on any atom is 0.367 e. The Morgan fingerprint density at radius 3 is 2.71 bits per heavy atom. The second-order valence-electron chi connectivity index (χ2n) is 5.28. The number of carbonyl (C=O) groups is 2. The average molecular weight is 310 g/mol. The highest BCUT2D eigenvalue weighted by Crippen LogP contribution is 2.23. The number of aromatic nitrogens is 1. The van der Waals surface area contributed by atoms with Crippen LogP contribution in [0.5, 0.6) is 0 Å². The zero-order valence-corrected chi connectivity index (χ0v) is 13.4. The first-order valence-corrected chi connectivity index (χ1v) is 8.45. The molecule has 2 rings (SSSR count). The van der Waals surface area contributed by atoms with Crippen molar-refractivity contribution in [2.75, 3.05) is 19.7 Å². The Labute approximate surface area is 129 Å². The fraction of sp³-hybridized carbons (Fsp3) is 0.667. The monoisotopic (exact) mass is 310 g/mol. The Morgan fingerprint density at radius 1 is 1.38 bits per heavy atom. The van der Waals surface area contributed by atoms with Gasteiger partial charge < -0.3 is 9.64 Å². The lowest BCUT2D eigenvalue weighted by molar-refractivity contribution is 0.0525. The van der Waals surface area contributed by atoms with Crippen molar-refractivity contribution >= 4 is 23.2 Å². The van der Waals surface area contributed by atoms with Gasteiger partial charge in [-0.15, -0.1) is 11.3 Å². The molecule has 116 valence electrons. The maximum absolute atomic E-state index is 12.4. The highest BCUT2D eigenvalue weighted by molar-refractivity contribution is 7.11. The largest absolute Gasteiger partial charge is 0.461 e. The Hall–Kier alpha value is -1.43. The highest BCUT2D eigenvalue weighted by Gasteiger charge is 2.25. The molecular formula is C15H22N2O3S. The van der Waals surface area contributed by atoms with Gasteiger partial charge in [0.25, 0.3) is 5.91 Å². The first kappa shape index (κ1) is 15.9. The molecule has 1 aromatic heterocycles. The van der Waals surface area contributed by atoms with Crippen molar-refractivity contribution in [2.45, 2.75) is 39.5 Å². The van der Waals surface area contributed by atoms with Crippen LogP contribution in [0, 0.1) is 5.92 Å². The van der Waals surface area contributed by atoms with E-state index in [9.17, 15) is 9.59 Å². The van der Waals surface area contributed by atoms with E-state index in [1.165, 1.54) is 24.2 Å². The molecule has 1 amide bonds. The Balaban J connectivity index is 1.93. The fourth-order valence-electron chi connectivity index (χ4n) is 2.65. The molecule has 1 aromatic rings. The molecule has 0 atom stereocenters. The van der Waals surface area contributed by atoms with Crippen LogP contribution in [0.15, 0.2) is 5.38 Å². The molecule has 0 unspecified atom stereocenters. The van der Waals surface area contributed by atoms with E-state index < -0.39 is 5.97 Å². The van der Waals surface area contributed by atoms with Gasteiger partial charge in [0, 0.05) is 18.5 Å². The third-order valence-corrected chi connectivity index (χ3v) is 4.59. The molecule has 1 aliphatic rings. The molecule has 0 saturated carbocycles. The van der Waals surface area contributed by atoms with Gasteiger partial charge in [-0.25, -0.2) is 9.78 Å². The van der Waals surface area contributed by atoms with Crippen molar-refractivity contribution < 1.29 is 14.3 Å². The zero-order chi connectivity index (χ0) is 15.2. The summed E-state index contributed by atoms with van der Waals surface area (Å²) in [5.74, 6) is 0.213. The first-order chi connectivity index (χ1) is 10.2. The fourth-order valence-corrected chi connectivity index (χ4v) is 3.34. The van der Waals surface area contributed by atoms with Crippen LogP contribution < -0.4 is 0 Å². The number of carbonyl (C=O) groups excluding carboxylic acids is 2. The molecule has 1 fully saturated rings. The second-order valence-corrected chi connectivity index (χ2v) is 6.14. The van der Waals surface area contributed by atoms with Crippen molar-refractivity contribution in [1.29, 1.82) is 0 Å². The summed E-state index contributed by atoms with van der Waals surface area (Å²) in [6, 6.07) is 0. The Morgan fingerprint density at radius 2 is 2.10 bits per heavy atom. The van der Waals surface area contributed by atoms with Crippen LogP contribution in [-0.2, 0) is 4.74 Å². The number of rotatable bonds is 5. The van der Waals surface area contributed by atoms with Crippen molar-refractivity contribution in [1.82, 2.24) is 9.88 Å². The van der Waals surface area contributed by atoms with E-state index in [0.29, 0.717) is 12.3 Å². The Bertz CT molecular complexity index is 493. The van der Waals surface area contributed by atoms with Crippen LogP contribution >= 0.6 is 11.3 Å². The van der Waals surface area contributed by atoms with Gasteiger partial charge >= 0.3 is 5.97 Å². The Kier molecular flexibility index (Phi) is 5.73. The molecule has 0 aliphatic carbocycles. The van der Waals surface area contributed by atoms with E-state index >= 15 is 0 Å². The molecule has 2 heterocycles. The summed E-state index contributed by atoms with van der Waals surface area (Å²) in [7, 11) is 0. The van der Waals surface area contributed by atoms with Gasteiger partial charge in [-0.1, -0.05) is 19.8 Å². The van der Waals surface area contributed by atoms with E-state index in [2.05, 4.69) is 11.9 Å². The maximum atomic E-state index is 12.4. The second kappa shape index (κ2) is 7.54. The molecule has 1 aliphatic heterocycles. The summed E-state index contributed by atoms with van der Waals surface area (Å²) < 4.78 is 4.89. The lowest BCUT2D eigenvalue weighted by Crippen LogP contribution is -2.38. The minimum absolute atomic E-state index is 0.0725. The van der Waals surface area contributed by atoms with Gasteiger partial charge in [0.2, 0.25) is 5.01 Å². The zero-order valence-electron chi connectivity index (χ0n) is 12.6. The van der Waals surface area contributed by atoms with Crippen molar-refractivity contribution in [2.24, 2.45) is 5.92 Å². The molecule has 0 radical (unpaired) electrons. The predicted octanol–water partition coefficient (Wildman–Crippen LogP) is 2.97. The lowest BCUT2D eigenvalue weighted by atomic mass is 9.92. The number of likely N-dealkylation sites (tertiary alicyclic amines) is 1. The molecular weight excluding hydrogens is 288 g/mol. The average Bonchev–Trinajstić information content (AvgIpc) is 2.98. The topological polar surface area (TPSA) is 59.5 Å². The van der Waals surface area contributed by atoms with Gasteiger partial charge in [-0.2, -0.15) is 0 Å². The van der Waals surface area contributed by atoms with Crippen LogP contribution in [0.1, 0.15) is 59.8 Å². The number of esters is 1. The summed E-state index contributed by atoms with van der Waals surface area (Å²) in [5.41, 5.74) is 0.358. The minimum atomic E-state index is -0.455. The minimum Gasteiger partial charge on any atom is -0.461 e. The van der Waals surface area contributed by atoms with Crippen LogP contribution in [-0.4, -0.2) is 41.5 Å². The first-order valence-electron chi connectivity index (χ1n) is 7.57. The van der Waals surface area contributed by atoms with Gasteiger partial charge in [-0.05, 0) is 25.7 Å². The van der Waals surface area contributed by atoms with Gasteiger partial charge in [0.05, 0.1) is 6.61 Å². The van der Waals surface area contributed by atoms with Gasteiger partial charge in [0.15, 0.2) is 0 Å². The number of piperidine rings is 1. The number of hydrogen-bond donors (Lipinski definition) is 0. The van der Waals surface area contributed by atoms with E-state index in [1.54, 1.807) is 12.3 Å². The van der Waals surface area contributed by atoms with Crippen LogP contribution in [0.3, 0.4) is 0 Å². The van der Waals surface area contributed by atoms with Crippen molar-refractivity contribution in [3.05, 3.63) is 16.1 Å². The predicted molar refractivity (Wildman–Crippen MR) is 81.6 cm³/mol. The standard InChI is InChI=1S/C15H22N2O3S/c1-3-5-11-6-8-17(9-7-11)14(18)12-10-21-13(16-12)15(19)20-4-2/h10-11H,3-9H2,1-2H3. The van der Waals surface area contributed by atoms with Crippen LogP contribution in [0.25, 0.3) is 0 Å². The highest BCUT2D eigenvalue weighted by atomic mass is 32.1. The number of hydrogen-bond acceptors (Lipinski definition) is 5. The lowest BCUT2D eigenvalue weighted by Gasteiger charge is -2.31. The molecule has 0 N–H and O–H groups in total. The van der Waals surface area contributed by atoms with Gasteiger partial charge in [-0.3, -0.25) is 4.79 Å². The summed E-state index contributed by atoms with van der Waals surface area (Å²) in [4.78, 5) is 29.9. The molecule has 0 bridgehead atoms. The summed E-state index contributed by atoms with van der Waals surface area (Å²) >= 11 is 1.17. The van der Waals surface area contributed by atoms with E-state index in [0.717, 1.165) is 31.8 Å². The normalized spacial score (nSPS) is 16.0. The number of ether oxygens (including phenoxy) is 1. The molecule has 6 heteroatoms. The third kappa shape index (κ3) is 4.03. The van der Waals surface area contributed by atoms with Gasteiger partial charge in [0.1, 0.15) is 5.69 Å². The van der Waals surface area contributed by atoms with Crippen molar-refractivity contribution in [3.8, 4) is 0 Å². The third-order valence-electron chi connectivity index (χ3n) is 3.77. The number of thiazole rings is 1. The molecule has 21 heavy (non-hydrogen) atoms. The molecule has 1 saturated heterocycles. The smallest absolute Gasteiger partial charge is 0.367 e. The van der Waals surface area contributed by atoms with E-state index in [-0.39, 0.29) is 10.9 Å².